The van der Waals surface area contributed by atoms with Crippen LogP contribution in [-0.4, -0.2) is 36.8 Å². The third-order valence-corrected chi connectivity index (χ3v) is 3.72. The van der Waals surface area contributed by atoms with Gasteiger partial charge in [0.25, 0.3) is 0 Å². The molecule has 1 aliphatic rings. The maximum absolute atomic E-state index is 12.3. The summed E-state index contributed by atoms with van der Waals surface area (Å²) in [6.07, 6.45) is -2.78. The number of nitrogens with zero attached hydrogens (tertiary/aromatic N) is 2. The van der Waals surface area contributed by atoms with E-state index in [1.54, 1.807) is 12.1 Å². The molecule has 114 valence electrons. The predicted molar refractivity (Wildman–Crippen MR) is 75.0 cm³/mol. The standard InChI is InChI=1S/C15H18F3N3/c1-11-2-3-12(9-19)8-14(11)20-13-4-6-21(7-5-13)10-15(16,17)18/h2-3,8,13,20H,4-7,10H2,1H3. The van der Waals surface area contributed by atoms with E-state index in [1.807, 2.05) is 13.0 Å². The molecule has 0 spiro atoms. The molecule has 0 atom stereocenters. The second-order valence-electron chi connectivity index (χ2n) is 5.45. The van der Waals surface area contributed by atoms with Crippen LogP contribution in [0.25, 0.3) is 0 Å². The largest absolute Gasteiger partial charge is 0.401 e. The summed E-state index contributed by atoms with van der Waals surface area (Å²) < 4.78 is 37.0. The molecule has 0 aliphatic carbocycles. The molecule has 1 saturated heterocycles. The van der Waals surface area contributed by atoms with E-state index >= 15 is 0 Å². The lowest BCUT2D eigenvalue weighted by Crippen LogP contribution is -2.43. The molecule has 1 aromatic carbocycles. The van der Waals surface area contributed by atoms with Crippen molar-refractivity contribution in [1.29, 1.82) is 5.26 Å². The molecule has 0 aromatic heterocycles. The number of anilines is 1. The van der Waals surface area contributed by atoms with E-state index in [4.69, 9.17) is 5.26 Å². The fourth-order valence-corrected chi connectivity index (χ4v) is 2.56. The first-order valence-electron chi connectivity index (χ1n) is 6.94. The van der Waals surface area contributed by atoms with Crippen LogP contribution >= 0.6 is 0 Å². The molecule has 1 aliphatic heterocycles. The maximum atomic E-state index is 12.3. The summed E-state index contributed by atoms with van der Waals surface area (Å²) in [5.74, 6) is 0. The Labute approximate surface area is 122 Å². The van der Waals surface area contributed by atoms with Crippen LogP contribution < -0.4 is 5.32 Å². The molecule has 1 N–H and O–H groups in total. The third-order valence-electron chi connectivity index (χ3n) is 3.72. The van der Waals surface area contributed by atoms with E-state index in [9.17, 15) is 13.2 Å². The number of likely N-dealkylation sites (tertiary alicyclic amines) is 1. The molecular weight excluding hydrogens is 279 g/mol. The smallest absolute Gasteiger partial charge is 0.382 e. The van der Waals surface area contributed by atoms with E-state index in [2.05, 4.69) is 11.4 Å². The summed E-state index contributed by atoms with van der Waals surface area (Å²) in [5, 5.41) is 12.3. The summed E-state index contributed by atoms with van der Waals surface area (Å²) in [6, 6.07) is 7.67. The SMILES string of the molecule is Cc1ccc(C#N)cc1NC1CCN(CC(F)(F)F)CC1. The van der Waals surface area contributed by atoms with Gasteiger partial charge < -0.3 is 5.32 Å². The Morgan fingerprint density at radius 3 is 2.57 bits per heavy atom. The van der Waals surface area contributed by atoms with Gasteiger partial charge in [0.05, 0.1) is 18.2 Å². The van der Waals surface area contributed by atoms with Crippen molar-refractivity contribution in [3.63, 3.8) is 0 Å². The third kappa shape index (κ3) is 4.64. The number of benzene rings is 1. The summed E-state index contributed by atoms with van der Waals surface area (Å²) in [4.78, 5) is 1.44. The van der Waals surface area contributed by atoms with E-state index < -0.39 is 12.7 Å². The zero-order valence-corrected chi connectivity index (χ0v) is 11.9. The van der Waals surface area contributed by atoms with Crippen molar-refractivity contribution in [3.05, 3.63) is 29.3 Å². The second kappa shape index (κ2) is 6.35. The molecule has 0 saturated carbocycles. The number of hydrogen-bond donors (Lipinski definition) is 1. The molecular formula is C15H18F3N3. The van der Waals surface area contributed by atoms with E-state index in [0.717, 1.165) is 11.3 Å². The van der Waals surface area contributed by atoms with Gasteiger partial charge >= 0.3 is 6.18 Å². The minimum atomic E-state index is -4.13. The van der Waals surface area contributed by atoms with Crippen LogP contribution in [0, 0.1) is 18.3 Å². The molecule has 21 heavy (non-hydrogen) atoms. The van der Waals surface area contributed by atoms with Gasteiger partial charge in [-0.05, 0) is 37.5 Å². The number of piperidine rings is 1. The first-order valence-corrected chi connectivity index (χ1v) is 6.94. The van der Waals surface area contributed by atoms with Gasteiger partial charge in [0.2, 0.25) is 0 Å². The highest BCUT2D eigenvalue weighted by Gasteiger charge is 2.32. The minimum absolute atomic E-state index is 0.155. The molecule has 6 heteroatoms. The summed E-state index contributed by atoms with van der Waals surface area (Å²) in [5.41, 5.74) is 2.51. The van der Waals surface area contributed by atoms with Crippen LogP contribution in [0.4, 0.5) is 18.9 Å². The van der Waals surface area contributed by atoms with Gasteiger partial charge in [-0.1, -0.05) is 6.07 Å². The van der Waals surface area contributed by atoms with Crippen LogP contribution in [0.1, 0.15) is 24.0 Å². The van der Waals surface area contributed by atoms with Gasteiger partial charge in [0.15, 0.2) is 0 Å². The minimum Gasteiger partial charge on any atom is -0.382 e. The van der Waals surface area contributed by atoms with Gasteiger partial charge in [0.1, 0.15) is 0 Å². The number of nitrogens with one attached hydrogen (secondary N) is 1. The number of hydrogen-bond acceptors (Lipinski definition) is 3. The van der Waals surface area contributed by atoms with Gasteiger partial charge in [-0.15, -0.1) is 0 Å². The van der Waals surface area contributed by atoms with Crippen molar-refractivity contribution >= 4 is 5.69 Å². The molecule has 0 radical (unpaired) electrons. The molecule has 2 rings (SSSR count). The fourth-order valence-electron chi connectivity index (χ4n) is 2.56. The van der Waals surface area contributed by atoms with E-state index in [1.165, 1.54) is 4.90 Å². The zero-order chi connectivity index (χ0) is 15.5. The summed E-state index contributed by atoms with van der Waals surface area (Å²) in [7, 11) is 0. The first kappa shape index (κ1) is 15.6. The zero-order valence-electron chi connectivity index (χ0n) is 11.9. The first-order chi connectivity index (χ1) is 9.87. The Morgan fingerprint density at radius 2 is 2.00 bits per heavy atom. The lowest BCUT2D eigenvalue weighted by atomic mass is 10.0. The van der Waals surface area contributed by atoms with Gasteiger partial charge in [0, 0.05) is 24.8 Å². The lowest BCUT2D eigenvalue weighted by Gasteiger charge is -2.33. The molecule has 0 unspecified atom stereocenters. The number of aryl methyl sites for hydroxylation is 1. The van der Waals surface area contributed by atoms with Crippen LogP contribution in [0.5, 0.6) is 0 Å². The van der Waals surface area contributed by atoms with Crippen molar-refractivity contribution in [3.8, 4) is 6.07 Å². The topological polar surface area (TPSA) is 39.1 Å². The van der Waals surface area contributed by atoms with Crippen LogP contribution in [0.15, 0.2) is 18.2 Å². The molecule has 0 bridgehead atoms. The lowest BCUT2D eigenvalue weighted by molar-refractivity contribution is -0.147. The Balaban J connectivity index is 1.91. The quantitative estimate of drug-likeness (QED) is 0.930. The molecule has 3 nitrogen and oxygen atoms in total. The Morgan fingerprint density at radius 1 is 1.33 bits per heavy atom. The molecule has 1 fully saturated rings. The average molecular weight is 297 g/mol. The van der Waals surface area contributed by atoms with Gasteiger partial charge in [-0.25, -0.2) is 0 Å². The van der Waals surface area contributed by atoms with Crippen molar-refractivity contribution in [2.45, 2.75) is 32.0 Å². The predicted octanol–water partition coefficient (Wildman–Crippen LogP) is 3.31. The number of halogens is 3. The number of alkyl halides is 3. The number of nitriles is 1. The van der Waals surface area contributed by atoms with E-state index in [0.29, 0.717) is 31.5 Å². The Hall–Kier alpha value is -1.74. The molecule has 0 amide bonds. The van der Waals surface area contributed by atoms with Gasteiger partial charge in [-0.2, -0.15) is 18.4 Å². The van der Waals surface area contributed by atoms with Gasteiger partial charge in [-0.3, -0.25) is 4.90 Å². The molecule has 1 heterocycles. The highest BCUT2D eigenvalue weighted by Crippen LogP contribution is 2.23. The highest BCUT2D eigenvalue weighted by atomic mass is 19.4. The monoisotopic (exact) mass is 297 g/mol. The molecule has 1 aromatic rings. The van der Waals surface area contributed by atoms with E-state index in [-0.39, 0.29) is 6.04 Å². The number of rotatable bonds is 3. The van der Waals surface area contributed by atoms with Crippen molar-refractivity contribution in [2.75, 3.05) is 25.0 Å². The summed E-state index contributed by atoms with van der Waals surface area (Å²) in [6.45, 7) is 1.99. The average Bonchev–Trinajstić information content (AvgIpc) is 2.42. The van der Waals surface area contributed by atoms with Crippen molar-refractivity contribution in [2.24, 2.45) is 0 Å². The van der Waals surface area contributed by atoms with Crippen LogP contribution in [-0.2, 0) is 0 Å². The van der Waals surface area contributed by atoms with Crippen LogP contribution in [0.2, 0.25) is 0 Å². The van der Waals surface area contributed by atoms with Crippen LogP contribution in [0.3, 0.4) is 0 Å². The Kier molecular flexibility index (Phi) is 4.73. The second-order valence-corrected chi connectivity index (χ2v) is 5.45. The summed E-state index contributed by atoms with van der Waals surface area (Å²) >= 11 is 0. The maximum Gasteiger partial charge on any atom is 0.401 e. The highest BCUT2D eigenvalue weighted by molar-refractivity contribution is 5.55. The normalized spacial score (nSPS) is 17.5. The Bertz CT molecular complexity index is 526. The fraction of sp³-hybridized carbons (Fsp3) is 0.533. The van der Waals surface area contributed by atoms with Crippen molar-refractivity contribution in [1.82, 2.24) is 4.90 Å². The van der Waals surface area contributed by atoms with Crippen molar-refractivity contribution < 1.29 is 13.2 Å².